The number of aromatic amines is 1. The molecule has 2 N–H and O–H groups in total. The number of fused-ring (bicyclic) bond motifs is 1. The van der Waals surface area contributed by atoms with Crippen LogP contribution in [0.25, 0.3) is 11.0 Å². The van der Waals surface area contributed by atoms with E-state index in [0.717, 1.165) is 42.7 Å². The molecule has 0 saturated carbocycles. The SMILES string of the molecule is CCc1nc2ccc(CN[C@@H]3CCCN(C)C3=O)cc2[nH]1. The lowest BCUT2D eigenvalue weighted by Gasteiger charge is -2.29. The summed E-state index contributed by atoms with van der Waals surface area (Å²) in [6.45, 7) is 3.67. The molecule has 2 aromatic rings. The molecule has 112 valence electrons. The summed E-state index contributed by atoms with van der Waals surface area (Å²) in [7, 11) is 1.87. The van der Waals surface area contributed by atoms with Crippen LogP contribution in [0.15, 0.2) is 18.2 Å². The summed E-state index contributed by atoms with van der Waals surface area (Å²) in [5, 5.41) is 3.38. The molecule has 1 aliphatic rings. The van der Waals surface area contributed by atoms with E-state index in [1.54, 1.807) is 0 Å². The number of rotatable bonds is 4. The third-order valence-electron chi connectivity index (χ3n) is 4.14. The standard InChI is InChI=1S/C16H22N4O/c1-3-15-18-12-7-6-11(9-14(12)19-15)10-17-13-5-4-8-20(2)16(13)21/h6-7,9,13,17H,3-5,8,10H2,1-2H3,(H,18,19)/t13-/m1/s1. The van der Waals surface area contributed by atoms with Gasteiger partial charge in [0.2, 0.25) is 5.91 Å². The zero-order valence-electron chi connectivity index (χ0n) is 12.6. The molecule has 1 saturated heterocycles. The Morgan fingerprint density at radius 2 is 2.33 bits per heavy atom. The fraction of sp³-hybridized carbons (Fsp3) is 0.500. The van der Waals surface area contributed by atoms with Gasteiger partial charge in [0.15, 0.2) is 0 Å². The Balaban J connectivity index is 1.68. The van der Waals surface area contributed by atoms with Gasteiger partial charge in [-0.2, -0.15) is 0 Å². The molecule has 0 unspecified atom stereocenters. The minimum atomic E-state index is -0.0487. The number of piperidine rings is 1. The first kappa shape index (κ1) is 14.1. The van der Waals surface area contributed by atoms with Gasteiger partial charge in [-0.15, -0.1) is 0 Å². The molecular weight excluding hydrogens is 264 g/mol. The van der Waals surface area contributed by atoms with Crippen molar-refractivity contribution >= 4 is 16.9 Å². The molecule has 0 aliphatic carbocycles. The second-order valence-electron chi connectivity index (χ2n) is 5.72. The average Bonchev–Trinajstić information content (AvgIpc) is 2.91. The summed E-state index contributed by atoms with van der Waals surface area (Å²) in [4.78, 5) is 21.7. The van der Waals surface area contributed by atoms with Crippen molar-refractivity contribution in [1.82, 2.24) is 20.2 Å². The van der Waals surface area contributed by atoms with Crippen LogP contribution in [-0.2, 0) is 17.8 Å². The quantitative estimate of drug-likeness (QED) is 0.901. The predicted octanol–water partition coefficient (Wildman–Crippen LogP) is 1.84. The van der Waals surface area contributed by atoms with Crippen molar-refractivity contribution in [2.45, 2.75) is 38.8 Å². The van der Waals surface area contributed by atoms with E-state index in [0.29, 0.717) is 6.54 Å². The lowest BCUT2D eigenvalue weighted by molar-refractivity contribution is -0.134. The van der Waals surface area contributed by atoms with Crippen LogP contribution in [0, 0.1) is 0 Å². The van der Waals surface area contributed by atoms with E-state index in [9.17, 15) is 4.79 Å². The number of H-pyrrole nitrogens is 1. The Morgan fingerprint density at radius 3 is 3.14 bits per heavy atom. The van der Waals surface area contributed by atoms with Crippen molar-refractivity contribution in [2.75, 3.05) is 13.6 Å². The van der Waals surface area contributed by atoms with Crippen molar-refractivity contribution in [3.05, 3.63) is 29.6 Å². The number of carbonyl (C=O) groups excluding carboxylic acids is 1. The minimum Gasteiger partial charge on any atom is -0.344 e. The van der Waals surface area contributed by atoms with Gasteiger partial charge in [-0.25, -0.2) is 4.98 Å². The molecule has 3 rings (SSSR count). The second kappa shape index (κ2) is 5.85. The number of carbonyl (C=O) groups is 1. The summed E-state index contributed by atoms with van der Waals surface area (Å²) < 4.78 is 0. The molecule has 1 fully saturated rings. The molecule has 1 aromatic heterocycles. The third-order valence-corrected chi connectivity index (χ3v) is 4.14. The molecule has 0 bridgehead atoms. The highest BCUT2D eigenvalue weighted by molar-refractivity contribution is 5.82. The predicted molar refractivity (Wildman–Crippen MR) is 83.0 cm³/mol. The lowest BCUT2D eigenvalue weighted by Crippen LogP contribution is -2.48. The maximum absolute atomic E-state index is 12.0. The summed E-state index contributed by atoms with van der Waals surface area (Å²) in [6.07, 6.45) is 2.90. The van der Waals surface area contributed by atoms with Gasteiger partial charge in [0.25, 0.3) is 0 Å². The van der Waals surface area contributed by atoms with Crippen LogP contribution in [-0.4, -0.2) is 40.4 Å². The van der Waals surface area contributed by atoms with Gasteiger partial charge < -0.3 is 15.2 Å². The van der Waals surface area contributed by atoms with Crippen molar-refractivity contribution in [3.8, 4) is 0 Å². The van der Waals surface area contributed by atoms with Crippen LogP contribution in [0.2, 0.25) is 0 Å². The number of benzene rings is 1. The molecule has 1 aromatic carbocycles. The molecule has 0 radical (unpaired) electrons. The number of hydrogen-bond acceptors (Lipinski definition) is 3. The number of likely N-dealkylation sites (N-methyl/N-ethyl adjacent to an activating group) is 1. The summed E-state index contributed by atoms with van der Waals surface area (Å²) >= 11 is 0. The van der Waals surface area contributed by atoms with Gasteiger partial charge >= 0.3 is 0 Å². The molecule has 21 heavy (non-hydrogen) atoms. The van der Waals surface area contributed by atoms with Crippen LogP contribution in [0.4, 0.5) is 0 Å². The van der Waals surface area contributed by atoms with Crippen LogP contribution in [0.1, 0.15) is 31.2 Å². The number of likely N-dealkylation sites (tertiary alicyclic amines) is 1. The number of nitrogens with zero attached hydrogens (tertiary/aromatic N) is 2. The lowest BCUT2D eigenvalue weighted by atomic mass is 10.0. The van der Waals surface area contributed by atoms with Crippen LogP contribution >= 0.6 is 0 Å². The summed E-state index contributed by atoms with van der Waals surface area (Å²) in [5.74, 6) is 1.22. The number of hydrogen-bond donors (Lipinski definition) is 2. The number of nitrogens with one attached hydrogen (secondary N) is 2. The van der Waals surface area contributed by atoms with Gasteiger partial charge in [-0.1, -0.05) is 13.0 Å². The normalized spacial score (nSPS) is 19.4. The summed E-state index contributed by atoms with van der Waals surface area (Å²) in [5.41, 5.74) is 3.25. The minimum absolute atomic E-state index is 0.0487. The first-order chi connectivity index (χ1) is 10.2. The highest BCUT2D eigenvalue weighted by Gasteiger charge is 2.25. The highest BCUT2D eigenvalue weighted by Crippen LogP contribution is 2.15. The Morgan fingerprint density at radius 1 is 1.48 bits per heavy atom. The number of amides is 1. The first-order valence-electron chi connectivity index (χ1n) is 7.63. The number of aryl methyl sites for hydroxylation is 1. The van der Waals surface area contributed by atoms with E-state index in [2.05, 4.69) is 34.3 Å². The highest BCUT2D eigenvalue weighted by atomic mass is 16.2. The topological polar surface area (TPSA) is 61.0 Å². The average molecular weight is 286 g/mol. The fourth-order valence-electron chi connectivity index (χ4n) is 2.85. The number of aromatic nitrogens is 2. The summed E-state index contributed by atoms with van der Waals surface area (Å²) in [6, 6.07) is 6.18. The smallest absolute Gasteiger partial charge is 0.239 e. The third kappa shape index (κ3) is 2.93. The fourth-order valence-corrected chi connectivity index (χ4v) is 2.85. The van der Waals surface area contributed by atoms with Gasteiger partial charge in [0.05, 0.1) is 17.1 Å². The largest absolute Gasteiger partial charge is 0.344 e. The van der Waals surface area contributed by atoms with E-state index in [1.165, 1.54) is 5.56 Å². The Labute approximate surface area is 124 Å². The molecule has 2 heterocycles. The van der Waals surface area contributed by atoms with Crippen LogP contribution < -0.4 is 5.32 Å². The molecule has 1 aliphatic heterocycles. The van der Waals surface area contributed by atoms with Gasteiger partial charge in [0, 0.05) is 26.6 Å². The van der Waals surface area contributed by atoms with Crippen molar-refractivity contribution in [3.63, 3.8) is 0 Å². The molecule has 1 amide bonds. The number of imidazole rings is 1. The van der Waals surface area contributed by atoms with E-state index < -0.39 is 0 Å². The van der Waals surface area contributed by atoms with Crippen molar-refractivity contribution in [1.29, 1.82) is 0 Å². The van der Waals surface area contributed by atoms with E-state index >= 15 is 0 Å². The maximum atomic E-state index is 12.0. The Bertz CT molecular complexity index is 649. The van der Waals surface area contributed by atoms with Crippen LogP contribution in [0.3, 0.4) is 0 Å². The monoisotopic (exact) mass is 286 g/mol. The molecule has 0 spiro atoms. The zero-order valence-corrected chi connectivity index (χ0v) is 12.6. The van der Waals surface area contributed by atoms with Crippen molar-refractivity contribution < 1.29 is 4.79 Å². The van der Waals surface area contributed by atoms with E-state index in [-0.39, 0.29) is 11.9 Å². The van der Waals surface area contributed by atoms with Gasteiger partial charge in [-0.3, -0.25) is 4.79 Å². The van der Waals surface area contributed by atoms with Gasteiger partial charge in [0.1, 0.15) is 5.82 Å². The van der Waals surface area contributed by atoms with E-state index in [4.69, 9.17) is 0 Å². The van der Waals surface area contributed by atoms with E-state index in [1.807, 2.05) is 18.0 Å². The molecular formula is C16H22N4O. The molecule has 1 atom stereocenters. The Kier molecular flexibility index (Phi) is 3.92. The molecule has 5 nitrogen and oxygen atoms in total. The second-order valence-corrected chi connectivity index (χ2v) is 5.72. The first-order valence-corrected chi connectivity index (χ1v) is 7.63. The van der Waals surface area contributed by atoms with Crippen molar-refractivity contribution in [2.24, 2.45) is 0 Å². The van der Waals surface area contributed by atoms with Gasteiger partial charge in [-0.05, 0) is 30.5 Å². The maximum Gasteiger partial charge on any atom is 0.239 e. The van der Waals surface area contributed by atoms with Crippen LogP contribution in [0.5, 0.6) is 0 Å². The Hall–Kier alpha value is -1.88. The molecule has 5 heteroatoms. The zero-order chi connectivity index (χ0) is 14.8.